The number of carbonyl (C=O) groups excluding carboxylic acids is 1. The van der Waals surface area contributed by atoms with Gasteiger partial charge in [0.2, 0.25) is 0 Å². The molecule has 1 aromatic carbocycles. The van der Waals surface area contributed by atoms with Crippen LogP contribution in [0.25, 0.3) is 22.0 Å². The summed E-state index contributed by atoms with van der Waals surface area (Å²) < 4.78 is 5.14. The summed E-state index contributed by atoms with van der Waals surface area (Å²) in [4.78, 5) is 31.2. The van der Waals surface area contributed by atoms with E-state index in [1.54, 1.807) is 18.0 Å². The van der Waals surface area contributed by atoms with Gasteiger partial charge in [0, 0.05) is 41.2 Å². The molecule has 3 aromatic rings. The number of amides is 1. The highest BCUT2D eigenvalue weighted by Crippen LogP contribution is 2.35. The Hall–Kier alpha value is -4.19. The summed E-state index contributed by atoms with van der Waals surface area (Å²) in [5, 5.41) is 17.6. The number of nitrogen functional groups attached to an aromatic ring is 1. The van der Waals surface area contributed by atoms with Crippen LogP contribution in [0.2, 0.25) is 0 Å². The number of aromatic nitrogens is 2. The van der Waals surface area contributed by atoms with Gasteiger partial charge < -0.3 is 20.5 Å². The number of nitriles is 1. The number of hydrogen-bond acceptors (Lipinski definition) is 7. The third-order valence-electron chi connectivity index (χ3n) is 4.90. The summed E-state index contributed by atoms with van der Waals surface area (Å²) in [6, 6.07) is 11.9. The molecule has 2 aromatic heterocycles. The Labute approximate surface area is 178 Å². The number of fused-ring (bicyclic) bond motifs is 2. The van der Waals surface area contributed by atoms with E-state index in [0.29, 0.717) is 37.2 Å². The van der Waals surface area contributed by atoms with E-state index in [4.69, 9.17) is 20.4 Å². The number of nitrogens with zero attached hydrogens (tertiary/aromatic N) is 4. The lowest BCUT2D eigenvalue weighted by Crippen LogP contribution is -2.37. The van der Waals surface area contributed by atoms with Crippen molar-refractivity contribution in [2.24, 2.45) is 0 Å². The molecule has 0 radical (unpaired) electrons. The standard InChI is InChI=1S/C21H19N5O2.CH2O2/c1-2-28-21(27)26-8-7-18-16(12-26)19(15(10-22)20(23)25-18)14-9-13-5-3-4-6-17(13)24-11-14;2-1-3/h3-6,9,11H,2,7-8,12H2,1H3,(H2,23,25);1H,(H,2,3). The van der Waals surface area contributed by atoms with Crippen molar-refractivity contribution in [2.75, 3.05) is 18.9 Å². The number of rotatable bonds is 2. The largest absolute Gasteiger partial charge is 0.483 e. The zero-order chi connectivity index (χ0) is 22.4. The number of para-hydroxylation sites is 1. The zero-order valence-corrected chi connectivity index (χ0v) is 16.9. The van der Waals surface area contributed by atoms with Gasteiger partial charge in [0.1, 0.15) is 17.5 Å². The second-order valence-electron chi connectivity index (χ2n) is 6.68. The van der Waals surface area contributed by atoms with Gasteiger partial charge in [-0.2, -0.15) is 5.26 Å². The molecule has 0 bridgehead atoms. The lowest BCUT2D eigenvalue weighted by molar-refractivity contribution is -0.122. The maximum absolute atomic E-state index is 12.2. The van der Waals surface area contributed by atoms with Gasteiger partial charge in [0.15, 0.2) is 0 Å². The van der Waals surface area contributed by atoms with Gasteiger partial charge in [-0.3, -0.25) is 9.78 Å². The van der Waals surface area contributed by atoms with E-state index < -0.39 is 0 Å². The first-order chi connectivity index (χ1) is 15.0. The Morgan fingerprint density at radius 1 is 1.42 bits per heavy atom. The van der Waals surface area contributed by atoms with Gasteiger partial charge in [-0.15, -0.1) is 0 Å². The number of nitrogens with two attached hydrogens (primary N) is 1. The molecule has 0 saturated carbocycles. The van der Waals surface area contributed by atoms with E-state index in [9.17, 15) is 10.1 Å². The number of pyridine rings is 2. The monoisotopic (exact) mass is 419 g/mol. The summed E-state index contributed by atoms with van der Waals surface area (Å²) in [5.74, 6) is 0.203. The van der Waals surface area contributed by atoms with Crippen molar-refractivity contribution in [1.82, 2.24) is 14.9 Å². The van der Waals surface area contributed by atoms with Crippen molar-refractivity contribution in [1.29, 1.82) is 5.26 Å². The smallest absolute Gasteiger partial charge is 0.410 e. The van der Waals surface area contributed by atoms with Crippen molar-refractivity contribution >= 4 is 29.3 Å². The third kappa shape index (κ3) is 4.38. The molecule has 4 rings (SSSR count). The average Bonchev–Trinajstić information content (AvgIpc) is 2.78. The molecule has 158 valence electrons. The number of hydrogen-bond donors (Lipinski definition) is 2. The van der Waals surface area contributed by atoms with Gasteiger partial charge in [0.05, 0.1) is 24.4 Å². The molecule has 0 fully saturated rings. The molecule has 1 aliphatic rings. The van der Waals surface area contributed by atoms with Crippen LogP contribution in [0.5, 0.6) is 0 Å². The molecule has 3 heterocycles. The minimum absolute atomic E-state index is 0.203. The summed E-state index contributed by atoms with van der Waals surface area (Å²) in [7, 11) is 0. The molecule has 31 heavy (non-hydrogen) atoms. The van der Waals surface area contributed by atoms with Crippen LogP contribution in [0.1, 0.15) is 23.7 Å². The second-order valence-corrected chi connectivity index (χ2v) is 6.68. The fraction of sp³-hybridized carbons (Fsp3) is 0.227. The number of carboxylic acid groups (broad SMARTS) is 1. The fourth-order valence-corrected chi connectivity index (χ4v) is 3.59. The van der Waals surface area contributed by atoms with Crippen molar-refractivity contribution in [3.05, 3.63) is 53.3 Å². The Morgan fingerprint density at radius 2 is 2.16 bits per heavy atom. The number of anilines is 1. The summed E-state index contributed by atoms with van der Waals surface area (Å²) >= 11 is 0. The van der Waals surface area contributed by atoms with Gasteiger partial charge in [-0.25, -0.2) is 9.78 Å². The van der Waals surface area contributed by atoms with Crippen molar-refractivity contribution in [2.45, 2.75) is 19.9 Å². The molecule has 0 unspecified atom stereocenters. The molecule has 0 aliphatic carbocycles. The van der Waals surface area contributed by atoms with Crippen LogP contribution in [0.4, 0.5) is 10.6 Å². The van der Waals surface area contributed by atoms with Crippen molar-refractivity contribution < 1.29 is 19.4 Å². The van der Waals surface area contributed by atoms with E-state index in [1.165, 1.54) is 0 Å². The predicted octanol–water partition coefficient (Wildman–Crippen LogP) is 2.97. The fourth-order valence-electron chi connectivity index (χ4n) is 3.59. The first-order valence-corrected chi connectivity index (χ1v) is 9.60. The van der Waals surface area contributed by atoms with E-state index in [0.717, 1.165) is 27.7 Å². The van der Waals surface area contributed by atoms with Crippen LogP contribution in [0.3, 0.4) is 0 Å². The Bertz CT molecular complexity index is 1170. The number of benzene rings is 1. The van der Waals surface area contributed by atoms with Crippen LogP contribution in [-0.4, -0.2) is 45.7 Å². The Balaban J connectivity index is 0.000000858. The van der Waals surface area contributed by atoms with Crippen LogP contribution >= 0.6 is 0 Å². The molecule has 0 saturated heterocycles. The molecular formula is C22H21N5O4. The zero-order valence-electron chi connectivity index (χ0n) is 16.9. The Morgan fingerprint density at radius 3 is 2.87 bits per heavy atom. The maximum Gasteiger partial charge on any atom is 0.410 e. The molecular weight excluding hydrogens is 398 g/mol. The van der Waals surface area contributed by atoms with E-state index in [2.05, 4.69) is 16.0 Å². The minimum atomic E-state index is -0.369. The van der Waals surface area contributed by atoms with Gasteiger partial charge >= 0.3 is 6.09 Å². The average molecular weight is 419 g/mol. The van der Waals surface area contributed by atoms with Crippen LogP contribution in [-0.2, 0) is 22.5 Å². The summed E-state index contributed by atoms with van der Waals surface area (Å²) in [5.41, 5.74) is 10.4. The lowest BCUT2D eigenvalue weighted by atomic mass is 9.91. The number of ether oxygens (including phenoxy) is 1. The van der Waals surface area contributed by atoms with Crippen LogP contribution < -0.4 is 5.73 Å². The molecule has 9 nitrogen and oxygen atoms in total. The van der Waals surface area contributed by atoms with E-state index in [1.807, 2.05) is 30.3 Å². The van der Waals surface area contributed by atoms with Gasteiger partial charge in [-0.1, -0.05) is 18.2 Å². The van der Waals surface area contributed by atoms with E-state index >= 15 is 0 Å². The highest BCUT2D eigenvalue weighted by Gasteiger charge is 2.28. The molecule has 1 aliphatic heterocycles. The summed E-state index contributed by atoms with van der Waals surface area (Å²) in [6.07, 6.45) is 1.92. The molecule has 1 amide bonds. The number of carbonyl (C=O) groups is 2. The quantitative estimate of drug-likeness (QED) is 0.604. The van der Waals surface area contributed by atoms with Crippen molar-refractivity contribution in [3.8, 4) is 17.2 Å². The van der Waals surface area contributed by atoms with Crippen LogP contribution in [0.15, 0.2) is 36.5 Å². The van der Waals surface area contributed by atoms with Crippen LogP contribution in [0, 0.1) is 11.3 Å². The molecule has 0 spiro atoms. The lowest BCUT2D eigenvalue weighted by Gasteiger charge is -2.29. The van der Waals surface area contributed by atoms with Gasteiger partial charge in [-0.05, 0) is 19.1 Å². The maximum atomic E-state index is 12.2. The highest BCUT2D eigenvalue weighted by atomic mass is 16.6. The van der Waals surface area contributed by atoms with Gasteiger partial charge in [0.25, 0.3) is 6.47 Å². The first kappa shape index (κ1) is 21.5. The topological polar surface area (TPSA) is 142 Å². The predicted molar refractivity (Wildman–Crippen MR) is 114 cm³/mol. The summed E-state index contributed by atoms with van der Waals surface area (Å²) in [6.45, 7) is 2.66. The first-order valence-electron chi connectivity index (χ1n) is 9.60. The normalized spacial score (nSPS) is 12.2. The molecule has 0 atom stereocenters. The third-order valence-corrected chi connectivity index (χ3v) is 4.90. The van der Waals surface area contributed by atoms with Crippen molar-refractivity contribution in [3.63, 3.8) is 0 Å². The molecule has 9 heteroatoms. The SMILES string of the molecule is CCOC(=O)N1CCc2nc(N)c(C#N)c(-c3cnc4ccccc4c3)c2C1.O=CO. The Kier molecular flexibility index (Phi) is 6.62. The highest BCUT2D eigenvalue weighted by molar-refractivity contribution is 5.87. The minimum Gasteiger partial charge on any atom is -0.483 e. The van der Waals surface area contributed by atoms with E-state index in [-0.39, 0.29) is 18.4 Å². The molecule has 3 N–H and O–H groups in total. The second kappa shape index (κ2) is 9.54.